The predicted octanol–water partition coefficient (Wildman–Crippen LogP) is 3.32. The summed E-state index contributed by atoms with van der Waals surface area (Å²) in [5, 5.41) is 0. The van der Waals surface area contributed by atoms with E-state index in [-0.39, 0.29) is 0 Å². The second kappa shape index (κ2) is 4.90. The third kappa shape index (κ3) is 3.61. The van der Waals surface area contributed by atoms with Crippen LogP contribution in [0.25, 0.3) is 0 Å². The van der Waals surface area contributed by atoms with Crippen molar-refractivity contribution in [2.24, 2.45) is 0 Å². The number of hydrogen-bond donors (Lipinski definition) is 0. The van der Waals surface area contributed by atoms with E-state index in [1.165, 1.54) is 19.1 Å². The topological polar surface area (TPSA) is 0 Å². The first-order chi connectivity index (χ1) is 4.22. The fraction of sp³-hybridized carbons (Fsp3) is 1.00. The van der Waals surface area contributed by atoms with Gasteiger partial charge in [0.1, 0.15) is 6.71 Å². The van der Waals surface area contributed by atoms with Crippen molar-refractivity contribution < 1.29 is 0 Å². The van der Waals surface area contributed by atoms with Gasteiger partial charge in [-0.2, -0.15) is 0 Å². The number of rotatable bonds is 4. The molecule has 0 nitrogen and oxygen atoms in total. The average molecular weight is 126 g/mol. The lowest BCUT2D eigenvalue weighted by molar-refractivity contribution is 0.959. The Balaban J connectivity index is 3.41. The molecule has 0 atom stereocenters. The van der Waals surface area contributed by atoms with Crippen molar-refractivity contribution in [2.45, 2.75) is 52.6 Å². The van der Waals surface area contributed by atoms with E-state index < -0.39 is 0 Å². The van der Waals surface area contributed by atoms with E-state index in [0.717, 1.165) is 12.5 Å². The van der Waals surface area contributed by atoms with Crippen LogP contribution in [-0.4, -0.2) is 6.71 Å². The van der Waals surface area contributed by atoms with Gasteiger partial charge < -0.3 is 0 Å². The molecule has 0 spiro atoms. The highest BCUT2D eigenvalue weighted by atomic mass is 13.9. The van der Waals surface area contributed by atoms with Crippen molar-refractivity contribution in [1.82, 2.24) is 0 Å². The molecule has 9 heavy (non-hydrogen) atoms. The SMILES string of the molecule is CCCB(CC)C(C)C. The molecule has 54 valence electrons. The van der Waals surface area contributed by atoms with Crippen LogP contribution in [0.15, 0.2) is 0 Å². The van der Waals surface area contributed by atoms with Gasteiger partial charge in [-0.15, -0.1) is 0 Å². The van der Waals surface area contributed by atoms with Crippen molar-refractivity contribution in [3.8, 4) is 0 Å². The van der Waals surface area contributed by atoms with E-state index in [1.807, 2.05) is 0 Å². The molecular weight excluding hydrogens is 107 g/mol. The molecule has 0 saturated carbocycles. The third-order valence-electron chi connectivity index (χ3n) is 2.13. The minimum Gasteiger partial charge on any atom is -0.0768 e. The van der Waals surface area contributed by atoms with Crippen LogP contribution in [0.4, 0.5) is 0 Å². The van der Waals surface area contributed by atoms with Crippen molar-refractivity contribution >= 4 is 6.71 Å². The first-order valence-corrected chi connectivity index (χ1v) is 4.22. The molecule has 0 unspecified atom stereocenters. The monoisotopic (exact) mass is 126 g/mol. The van der Waals surface area contributed by atoms with Crippen LogP contribution < -0.4 is 0 Å². The van der Waals surface area contributed by atoms with Gasteiger partial charge in [-0.3, -0.25) is 0 Å². The predicted molar refractivity (Wildman–Crippen MR) is 46.4 cm³/mol. The van der Waals surface area contributed by atoms with Gasteiger partial charge in [0.2, 0.25) is 0 Å². The van der Waals surface area contributed by atoms with Crippen LogP contribution in [-0.2, 0) is 0 Å². The molecule has 0 radical (unpaired) electrons. The van der Waals surface area contributed by atoms with Crippen molar-refractivity contribution in [3.63, 3.8) is 0 Å². The Hall–Kier alpha value is 0.0649. The van der Waals surface area contributed by atoms with Crippen molar-refractivity contribution in [1.29, 1.82) is 0 Å². The average Bonchev–Trinajstić information content (AvgIpc) is 1.82. The molecule has 0 saturated heterocycles. The Morgan fingerprint density at radius 3 is 1.89 bits per heavy atom. The first kappa shape index (κ1) is 9.06. The van der Waals surface area contributed by atoms with E-state index in [4.69, 9.17) is 0 Å². The summed E-state index contributed by atoms with van der Waals surface area (Å²) in [4.78, 5) is 0. The summed E-state index contributed by atoms with van der Waals surface area (Å²) in [5.41, 5.74) is 0. The van der Waals surface area contributed by atoms with Crippen LogP contribution in [0, 0.1) is 0 Å². The minimum absolute atomic E-state index is 0.884. The lowest BCUT2D eigenvalue weighted by Crippen LogP contribution is -2.13. The van der Waals surface area contributed by atoms with Crippen LogP contribution in [0.3, 0.4) is 0 Å². The molecule has 0 N–H and O–H groups in total. The Morgan fingerprint density at radius 1 is 1.22 bits per heavy atom. The molecule has 0 amide bonds. The van der Waals surface area contributed by atoms with Crippen molar-refractivity contribution in [3.05, 3.63) is 0 Å². The van der Waals surface area contributed by atoms with Gasteiger partial charge in [0.05, 0.1) is 0 Å². The summed E-state index contributed by atoms with van der Waals surface area (Å²) in [7, 11) is 0. The molecule has 0 rings (SSSR count). The summed E-state index contributed by atoms with van der Waals surface area (Å²) in [6, 6.07) is 0. The maximum atomic E-state index is 2.32. The zero-order chi connectivity index (χ0) is 7.28. The lowest BCUT2D eigenvalue weighted by Gasteiger charge is -2.12. The Morgan fingerprint density at radius 2 is 1.78 bits per heavy atom. The highest BCUT2D eigenvalue weighted by Crippen LogP contribution is 2.16. The normalized spacial score (nSPS) is 10.3. The molecule has 0 fully saturated rings. The van der Waals surface area contributed by atoms with Crippen LogP contribution in [0.2, 0.25) is 18.5 Å². The third-order valence-corrected chi connectivity index (χ3v) is 2.13. The maximum Gasteiger partial charge on any atom is 0.142 e. The van der Waals surface area contributed by atoms with Crippen LogP contribution in [0.5, 0.6) is 0 Å². The molecular formula is C8H19B. The van der Waals surface area contributed by atoms with E-state index in [9.17, 15) is 0 Å². The quantitative estimate of drug-likeness (QED) is 0.507. The van der Waals surface area contributed by atoms with E-state index in [0.29, 0.717) is 0 Å². The first-order valence-electron chi connectivity index (χ1n) is 4.22. The van der Waals surface area contributed by atoms with E-state index >= 15 is 0 Å². The second-order valence-corrected chi connectivity index (χ2v) is 3.20. The molecule has 0 bridgehead atoms. The van der Waals surface area contributed by atoms with Gasteiger partial charge >= 0.3 is 0 Å². The fourth-order valence-corrected chi connectivity index (χ4v) is 1.38. The molecule has 0 heterocycles. The Bertz CT molecular complexity index is 59.6. The summed E-state index contributed by atoms with van der Waals surface area (Å²) in [6.45, 7) is 10.2. The molecule has 0 aliphatic carbocycles. The van der Waals surface area contributed by atoms with Gasteiger partial charge in [-0.1, -0.05) is 52.6 Å². The summed E-state index contributed by atoms with van der Waals surface area (Å²) >= 11 is 0. The lowest BCUT2D eigenvalue weighted by atomic mass is 9.38. The van der Waals surface area contributed by atoms with Crippen molar-refractivity contribution in [2.75, 3.05) is 0 Å². The largest absolute Gasteiger partial charge is 0.142 e. The summed E-state index contributed by atoms with van der Waals surface area (Å²) in [6.07, 6.45) is 4.11. The van der Waals surface area contributed by atoms with E-state index in [2.05, 4.69) is 27.7 Å². The minimum atomic E-state index is 0.884. The molecule has 0 aromatic heterocycles. The van der Waals surface area contributed by atoms with Gasteiger partial charge in [0, 0.05) is 0 Å². The number of hydrogen-bond acceptors (Lipinski definition) is 0. The summed E-state index contributed by atoms with van der Waals surface area (Å²) < 4.78 is 0. The highest BCUT2D eigenvalue weighted by molar-refractivity contribution is 6.60. The van der Waals surface area contributed by atoms with Gasteiger partial charge in [0.25, 0.3) is 0 Å². The standard InChI is InChI=1S/C8H19B/c1-5-7-9(6-2)8(3)4/h8H,5-7H2,1-4H3. The smallest absolute Gasteiger partial charge is 0.0768 e. The molecule has 0 aliphatic rings. The zero-order valence-electron chi connectivity index (χ0n) is 7.28. The van der Waals surface area contributed by atoms with Crippen LogP contribution in [0.1, 0.15) is 34.1 Å². The molecule has 0 aromatic rings. The fourth-order valence-electron chi connectivity index (χ4n) is 1.38. The Kier molecular flexibility index (Phi) is 4.93. The maximum absolute atomic E-state index is 2.32. The van der Waals surface area contributed by atoms with Gasteiger partial charge in [-0.25, -0.2) is 0 Å². The zero-order valence-corrected chi connectivity index (χ0v) is 7.28. The summed E-state index contributed by atoms with van der Waals surface area (Å²) in [5.74, 6) is 0.884. The Labute approximate surface area is 60.1 Å². The molecule has 0 aliphatic heterocycles. The van der Waals surface area contributed by atoms with Gasteiger partial charge in [-0.05, 0) is 0 Å². The van der Waals surface area contributed by atoms with Gasteiger partial charge in [0.15, 0.2) is 0 Å². The van der Waals surface area contributed by atoms with E-state index in [1.54, 1.807) is 0 Å². The van der Waals surface area contributed by atoms with Crippen LogP contribution >= 0.6 is 0 Å². The molecule has 1 heteroatoms. The second-order valence-electron chi connectivity index (χ2n) is 3.20. The highest BCUT2D eigenvalue weighted by Gasteiger charge is 2.12. The molecule has 0 aromatic carbocycles.